The molecule has 1 aromatic carbocycles. The van der Waals surface area contributed by atoms with Gasteiger partial charge in [0.2, 0.25) is 5.91 Å². The van der Waals surface area contributed by atoms with Crippen molar-refractivity contribution in [1.29, 1.82) is 0 Å². The first-order valence-corrected chi connectivity index (χ1v) is 6.47. The van der Waals surface area contributed by atoms with Crippen LogP contribution in [0, 0.1) is 0 Å². The molecule has 1 aliphatic heterocycles. The average molecular weight is 293 g/mol. The van der Waals surface area contributed by atoms with E-state index < -0.39 is 0 Å². The van der Waals surface area contributed by atoms with E-state index in [1.54, 1.807) is 10.9 Å². The van der Waals surface area contributed by atoms with Crippen molar-refractivity contribution in [2.24, 2.45) is 0 Å². The lowest BCUT2D eigenvalue weighted by atomic mass is 10.2. The molecule has 2 N–H and O–H groups in total. The van der Waals surface area contributed by atoms with E-state index in [9.17, 15) is 4.79 Å². The van der Waals surface area contributed by atoms with Crippen molar-refractivity contribution in [3.63, 3.8) is 0 Å². The number of hydrogen-bond acceptors (Lipinski definition) is 3. The minimum atomic E-state index is -0.0617. The molecule has 2 heterocycles. The highest BCUT2D eigenvalue weighted by Gasteiger charge is 2.21. The van der Waals surface area contributed by atoms with Gasteiger partial charge in [-0.1, -0.05) is 6.07 Å². The summed E-state index contributed by atoms with van der Waals surface area (Å²) >= 11 is 0. The number of carbonyl (C=O) groups excluding carboxylic acids is 1. The van der Waals surface area contributed by atoms with E-state index in [1.807, 2.05) is 36.5 Å². The van der Waals surface area contributed by atoms with Gasteiger partial charge in [0.25, 0.3) is 0 Å². The molecule has 6 heteroatoms. The minimum Gasteiger partial charge on any atom is -0.325 e. The number of anilines is 1. The van der Waals surface area contributed by atoms with Gasteiger partial charge in [-0.15, -0.1) is 12.4 Å². The predicted molar refractivity (Wildman–Crippen MR) is 80.5 cm³/mol. The highest BCUT2D eigenvalue weighted by molar-refractivity contribution is 5.95. The van der Waals surface area contributed by atoms with Crippen LogP contribution in [0.2, 0.25) is 0 Å². The van der Waals surface area contributed by atoms with Crippen molar-refractivity contribution < 1.29 is 4.79 Å². The quantitative estimate of drug-likeness (QED) is 0.909. The normalized spacial score (nSPS) is 17.5. The van der Waals surface area contributed by atoms with Gasteiger partial charge >= 0.3 is 0 Å². The lowest BCUT2D eigenvalue weighted by molar-refractivity contribution is -0.117. The summed E-state index contributed by atoms with van der Waals surface area (Å²) in [7, 11) is 0. The van der Waals surface area contributed by atoms with Crippen LogP contribution in [0.15, 0.2) is 42.7 Å². The van der Waals surface area contributed by atoms with Crippen LogP contribution in [0.3, 0.4) is 0 Å². The Bertz CT molecular complexity index is 564. The topological polar surface area (TPSA) is 59.0 Å². The van der Waals surface area contributed by atoms with E-state index in [4.69, 9.17) is 0 Å². The monoisotopic (exact) mass is 292 g/mol. The van der Waals surface area contributed by atoms with Gasteiger partial charge in [-0.3, -0.25) is 4.79 Å². The fourth-order valence-electron chi connectivity index (χ4n) is 2.29. The maximum atomic E-state index is 12.0. The van der Waals surface area contributed by atoms with Gasteiger partial charge in [0.05, 0.1) is 11.7 Å². The Kier molecular flexibility index (Phi) is 4.76. The van der Waals surface area contributed by atoms with E-state index in [1.165, 1.54) is 0 Å². The summed E-state index contributed by atoms with van der Waals surface area (Å²) in [6.07, 6.45) is 5.57. The summed E-state index contributed by atoms with van der Waals surface area (Å²) in [5.74, 6) is 0.0371. The van der Waals surface area contributed by atoms with E-state index in [0.717, 1.165) is 30.8 Å². The molecule has 1 aliphatic rings. The summed E-state index contributed by atoms with van der Waals surface area (Å²) in [6, 6.07) is 9.48. The van der Waals surface area contributed by atoms with Crippen molar-refractivity contribution >= 4 is 24.0 Å². The first kappa shape index (κ1) is 14.6. The largest absolute Gasteiger partial charge is 0.325 e. The molecule has 0 aliphatic carbocycles. The molecule has 1 amide bonds. The summed E-state index contributed by atoms with van der Waals surface area (Å²) in [6.45, 7) is 0.922. The third kappa shape index (κ3) is 3.18. The zero-order valence-electron chi connectivity index (χ0n) is 11.0. The third-order valence-corrected chi connectivity index (χ3v) is 3.26. The van der Waals surface area contributed by atoms with Gasteiger partial charge in [0.1, 0.15) is 0 Å². The number of rotatable bonds is 3. The van der Waals surface area contributed by atoms with Gasteiger partial charge in [-0.25, -0.2) is 4.68 Å². The zero-order chi connectivity index (χ0) is 13.1. The molecular formula is C14H17ClN4O. The number of carbonyl (C=O) groups is 1. The van der Waals surface area contributed by atoms with Gasteiger partial charge in [0.15, 0.2) is 0 Å². The molecule has 1 aromatic heterocycles. The van der Waals surface area contributed by atoms with Crippen LogP contribution in [0.25, 0.3) is 5.69 Å². The number of benzene rings is 1. The maximum absolute atomic E-state index is 12.0. The van der Waals surface area contributed by atoms with E-state index in [2.05, 4.69) is 15.7 Å². The van der Waals surface area contributed by atoms with Crippen LogP contribution in [0.5, 0.6) is 0 Å². The van der Waals surface area contributed by atoms with Crippen LogP contribution in [0.4, 0.5) is 5.69 Å². The number of hydrogen-bond donors (Lipinski definition) is 2. The molecule has 1 fully saturated rings. The van der Waals surface area contributed by atoms with E-state index in [0.29, 0.717) is 0 Å². The molecule has 0 unspecified atom stereocenters. The van der Waals surface area contributed by atoms with Crippen LogP contribution in [-0.2, 0) is 4.79 Å². The maximum Gasteiger partial charge on any atom is 0.241 e. The molecule has 0 saturated carbocycles. The molecule has 3 rings (SSSR count). The molecule has 5 nitrogen and oxygen atoms in total. The van der Waals surface area contributed by atoms with Crippen LogP contribution >= 0.6 is 12.4 Å². The Balaban J connectivity index is 0.00000147. The summed E-state index contributed by atoms with van der Waals surface area (Å²) in [5.41, 5.74) is 1.73. The summed E-state index contributed by atoms with van der Waals surface area (Å²) < 4.78 is 1.77. The van der Waals surface area contributed by atoms with Crippen LogP contribution in [-0.4, -0.2) is 28.3 Å². The summed E-state index contributed by atoms with van der Waals surface area (Å²) in [5, 5.41) is 10.3. The lowest BCUT2D eigenvalue weighted by Crippen LogP contribution is -2.35. The Morgan fingerprint density at radius 1 is 1.40 bits per heavy atom. The molecule has 20 heavy (non-hydrogen) atoms. The average Bonchev–Trinajstić information content (AvgIpc) is 3.13. The van der Waals surface area contributed by atoms with E-state index >= 15 is 0 Å². The third-order valence-electron chi connectivity index (χ3n) is 3.26. The molecule has 0 spiro atoms. The van der Waals surface area contributed by atoms with Gasteiger partial charge in [0, 0.05) is 18.1 Å². The Morgan fingerprint density at radius 2 is 2.30 bits per heavy atom. The Morgan fingerprint density at radius 3 is 3.00 bits per heavy atom. The van der Waals surface area contributed by atoms with Crippen molar-refractivity contribution in [3.05, 3.63) is 42.7 Å². The second-order valence-corrected chi connectivity index (χ2v) is 4.64. The zero-order valence-corrected chi connectivity index (χ0v) is 11.8. The predicted octanol–water partition coefficient (Wildman–Crippen LogP) is 1.98. The first-order chi connectivity index (χ1) is 9.33. The summed E-state index contributed by atoms with van der Waals surface area (Å²) in [4.78, 5) is 12.0. The van der Waals surface area contributed by atoms with Gasteiger partial charge in [-0.05, 0) is 43.7 Å². The second kappa shape index (κ2) is 6.54. The van der Waals surface area contributed by atoms with Crippen LogP contribution < -0.4 is 10.6 Å². The molecule has 2 aromatic rings. The highest BCUT2D eigenvalue weighted by Crippen LogP contribution is 2.15. The van der Waals surface area contributed by atoms with E-state index in [-0.39, 0.29) is 24.4 Å². The Labute approximate surface area is 123 Å². The van der Waals surface area contributed by atoms with Crippen molar-refractivity contribution in [1.82, 2.24) is 15.1 Å². The van der Waals surface area contributed by atoms with Crippen molar-refractivity contribution in [3.8, 4) is 5.69 Å². The number of nitrogens with zero attached hydrogens (tertiary/aromatic N) is 2. The molecule has 1 atom stereocenters. The van der Waals surface area contributed by atoms with Crippen molar-refractivity contribution in [2.45, 2.75) is 18.9 Å². The second-order valence-electron chi connectivity index (χ2n) is 4.64. The number of amides is 1. The molecule has 0 radical (unpaired) electrons. The Hall–Kier alpha value is -1.85. The highest BCUT2D eigenvalue weighted by atomic mass is 35.5. The molecule has 0 bridgehead atoms. The standard InChI is InChI=1S/C14H16N4O.ClH/c19-14(13-6-2-7-15-13)17-11-4-1-5-12(10-11)18-9-3-8-16-18;/h1,3-5,8-10,13,15H,2,6-7H2,(H,17,19);1H/t13-;/m0./s1. The first-order valence-electron chi connectivity index (χ1n) is 6.47. The van der Waals surface area contributed by atoms with Gasteiger partial charge in [-0.2, -0.15) is 5.10 Å². The SMILES string of the molecule is Cl.O=C(Nc1cccc(-n2cccn2)c1)[C@@H]1CCCN1. The smallest absolute Gasteiger partial charge is 0.241 e. The van der Waals surface area contributed by atoms with Crippen molar-refractivity contribution in [2.75, 3.05) is 11.9 Å². The van der Waals surface area contributed by atoms with Gasteiger partial charge < -0.3 is 10.6 Å². The number of halogens is 1. The molecular weight excluding hydrogens is 276 g/mol. The van der Waals surface area contributed by atoms with Crippen LogP contribution in [0.1, 0.15) is 12.8 Å². The fraction of sp³-hybridized carbons (Fsp3) is 0.286. The number of aromatic nitrogens is 2. The lowest BCUT2D eigenvalue weighted by Gasteiger charge is -2.12. The molecule has 1 saturated heterocycles. The fourth-order valence-corrected chi connectivity index (χ4v) is 2.29. The minimum absolute atomic E-state index is 0. The molecule has 106 valence electrons. The number of nitrogens with one attached hydrogen (secondary N) is 2.